The van der Waals surface area contributed by atoms with E-state index in [0.29, 0.717) is 11.6 Å². The average Bonchev–Trinajstić information content (AvgIpc) is 2.98. The van der Waals surface area contributed by atoms with Gasteiger partial charge in [-0.15, -0.1) is 0 Å². The minimum Gasteiger partial charge on any atom is -0.452 e. The van der Waals surface area contributed by atoms with E-state index >= 15 is 0 Å². The summed E-state index contributed by atoms with van der Waals surface area (Å²) in [6, 6.07) is 18.3. The van der Waals surface area contributed by atoms with E-state index in [2.05, 4.69) is 5.32 Å². The number of halogens is 7. The second-order valence-electron chi connectivity index (χ2n) is 9.39. The zero-order chi connectivity index (χ0) is 33.0. The highest BCUT2D eigenvalue weighted by molar-refractivity contribution is 7.92. The summed E-state index contributed by atoms with van der Waals surface area (Å²) in [5.74, 6) is -2.13. The van der Waals surface area contributed by atoms with Gasteiger partial charge in [-0.05, 0) is 66.2 Å². The van der Waals surface area contributed by atoms with Crippen LogP contribution in [0.5, 0.6) is 0 Å². The molecule has 236 valence electrons. The molecule has 0 saturated heterocycles. The quantitative estimate of drug-likeness (QED) is 0.147. The van der Waals surface area contributed by atoms with Crippen LogP contribution < -0.4 is 9.62 Å². The van der Waals surface area contributed by atoms with Gasteiger partial charge in [0, 0.05) is 5.69 Å². The first-order valence-corrected chi connectivity index (χ1v) is 14.6. The Morgan fingerprint density at radius 3 is 2.04 bits per heavy atom. The van der Waals surface area contributed by atoms with E-state index in [1.54, 1.807) is 30.3 Å². The number of carbonyl (C=O) groups is 2. The van der Waals surface area contributed by atoms with Crippen molar-refractivity contribution in [3.8, 4) is 0 Å². The first kappa shape index (κ1) is 33.3. The molecule has 0 heterocycles. The molecule has 0 fully saturated rings. The van der Waals surface area contributed by atoms with Crippen LogP contribution >= 0.6 is 11.6 Å². The molecule has 45 heavy (non-hydrogen) atoms. The van der Waals surface area contributed by atoms with Gasteiger partial charge < -0.3 is 10.1 Å². The molecular formula is C30H21ClF6N2O5S. The van der Waals surface area contributed by atoms with Gasteiger partial charge in [0.25, 0.3) is 15.9 Å². The van der Waals surface area contributed by atoms with Gasteiger partial charge in [0.2, 0.25) is 0 Å². The summed E-state index contributed by atoms with van der Waals surface area (Å²) in [5.41, 5.74) is -2.35. The van der Waals surface area contributed by atoms with Crippen LogP contribution in [0, 0.1) is 0 Å². The maximum atomic E-state index is 13.9. The van der Waals surface area contributed by atoms with E-state index in [0.717, 1.165) is 58.9 Å². The number of rotatable bonds is 9. The number of esters is 1. The minimum atomic E-state index is -4.76. The number of benzene rings is 4. The van der Waals surface area contributed by atoms with Crippen molar-refractivity contribution in [3.05, 3.63) is 124 Å². The predicted octanol–water partition coefficient (Wildman–Crippen LogP) is 7.57. The van der Waals surface area contributed by atoms with Crippen LogP contribution in [0.4, 0.5) is 37.7 Å². The predicted molar refractivity (Wildman–Crippen MR) is 153 cm³/mol. The van der Waals surface area contributed by atoms with E-state index < -0.39 is 62.4 Å². The number of anilines is 2. The Labute approximate surface area is 258 Å². The van der Waals surface area contributed by atoms with E-state index in [4.69, 9.17) is 16.3 Å². The fraction of sp³-hybridized carbons (Fsp3) is 0.133. The van der Waals surface area contributed by atoms with Crippen LogP contribution in [-0.4, -0.2) is 26.9 Å². The molecule has 1 N–H and O–H groups in total. The van der Waals surface area contributed by atoms with Crippen molar-refractivity contribution in [2.45, 2.75) is 23.8 Å². The van der Waals surface area contributed by atoms with Gasteiger partial charge >= 0.3 is 18.3 Å². The van der Waals surface area contributed by atoms with Gasteiger partial charge in [0.05, 0.1) is 38.8 Å². The third-order valence-corrected chi connectivity index (χ3v) is 8.31. The van der Waals surface area contributed by atoms with Crippen LogP contribution in [0.25, 0.3) is 0 Å². The van der Waals surface area contributed by atoms with Crippen molar-refractivity contribution >= 4 is 44.9 Å². The molecule has 0 saturated carbocycles. The van der Waals surface area contributed by atoms with Crippen molar-refractivity contribution in [1.82, 2.24) is 0 Å². The van der Waals surface area contributed by atoms with Crippen LogP contribution in [0.15, 0.2) is 102 Å². The number of hydrogen-bond donors (Lipinski definition) is 1. The molecule has 0 bridgehead atoms. The molecule has 4 aromatic carbocycles. The zero-order valence-corrected chi connectivity index (χ0v) is 24.3. The molecule has 0 aliphatic rings. The van der Waals surface area contributed by atoms with Gasteiger partial charge in [0.15, 0.2) is 6.61 Å². The molecule has 0 unspecified atom stereocenters. The molecule has 4 rings (SSSR count). The molecule has 0 radical (unpaired) electrons. The summed E-state index contributed by atoms with van der Waals surface area (Å²) < 4.78 is 112. The summed E-state index contributed by atoms with van der Waals surface area (Å²) >= 11 is 6.11. The van der Waals surface area contributed by atoms with E-state index in [1.165, 1.54) is 6.07 Å². The largest absolute Gasteiger partial charge is 0.452 e. The number of alkyl halides is 6. The number of sulfonamides is 1. The highest BCUT2D eigenvalue weighted by Gasteiger charge is 2.33. The molecular weight excluding hydrogens is 650 g/mol. The molecule has 0 aliphatic heterocycles. The van der Waals surface area contributed by atoms with Gasteiger partial charge in [-0.1, -0.05) is 48.0 Å². The number of amides is 1. The summed E-state index contributed by atoms with van der Waals surface area (Å²) in [6.07, 6.45) is -9.33. The monoisotopic (exact) mass is 670 g/mol. The van der Waals surface area contributed by atoms with Gasteiger partial charge in [-0.25, -0.2) is 13.2 Å². The molecule has 7 nitrogen and oxygen atoms in total. The maximum Gasteiger partial charge on any atom is 0.416 e. The number of hydrogen-bond acceptors (Lipinski definition) is 5. The molecule has 4 aromatic rings. The topological polar surface area (TPSA) is 92.8 Å². The summed E-state index contributed by atoms with van der Waals surface area (Å²) in [6.45, 7) is -1.27. The Kier molecular flexibility index (Phi) is 9.78. The standard InChI is InChI=1S/C30H21ClF6N2O5S/c31-26-14-13-24(16-25(26)28(41)44-18-27(40)38-22-11-9-20(10-12-22)29(32,33)34)45(42,43)39(17-19-5-2-1-3-6-19)23-8-4-7-21(15-23)30(35,36)37/h1-16H,17-18H2,(H,38,40). The number of ether oxygens (including phenoxy) is 1. The third kappa shape index (κ3) is 8.34. The molecule has 15 heteroatoms. The SMILES string of the molecule is O=C(COC(=O)c1cc(S(=O)(=O)N(Cc2ccccc2)c2cccc(C(F)(F)F)c2)ccc1Cl)Nc1ccc(C(F)(F)F)cc1. The van der Waals surface area contributed by atoms with E-state index in [-0.39, 0.29) is 22.9 Å². The summed E-state index contributed by atoms with van der Waals surface area (Å²) in [4.78, 5) is 24.5. The second-order valence-corrected chi connectivity index (χ2v) is 11.7. The van der Waals surface area contributed by atoms with Crippen molar-refractivity contribution < 1.29 is 49.1 Å². The van der Waals surface area contributed by atoms with Gasteiger partial charge in [0.1, 0.15) is 0 Å². The first-order valence-electron chi connectivity index (χ1n) is 12.7. The Morgan fingerprint density at radius 2 is 1.42 bits per heavy atom. The van der Waals surface area contributed by atoms with E-state index in [9.17, 15) is 44.3 Å². The lowest BCUT2D eigenvalue weighted by atomic mass is 10.2. The molecule has 1 amide bonds. The minimum absolute atomic E-state index is 0.0109. The molecule has 0 aliphatic carbocycles. The van der Waals surface area contributed by atoms with Crippen molar-refractivity contribution in [2.75, 3.05) is 16.2 Å². The number of carbonyl (C=O) groups excluding carboxylic acids is 2. The Morgan fingerprint density at radius 1 is 0.778 bits per heavy atom. The van der Waals surface area contributed by atoms with E-state index in [1.807, 2.05) is 0 Å². The lowest BCUT2D eigenvalue weighted by molar-refractivity contribution is -0.138. The Bertz CT molecular complexity index is 1800. The smallest absolute Gasteiger partial charge is 0.416 e. The fourth-order valence-electron chi connectivity index (χ4n) is 4.00. The van der Waals surface area contributed by atoms with Crippen LogP contribution in [-0.2, 0) is 38.5 Å². The van der Waals surface area contributed by atoms with Crippen molar-refractivity contribution in [3.63, 3.8) is 0 Å². The zero-order valence-electron chi connectivity index (χ0n) is 22.7. The maximum absolute atomic E-state index is 13.9. The Hall–Kier alpha value is -4.56. The molecule has 0 atom stereocenters. The van der Waals surface area contributed by atoms with Crippen LogP contribution in [0.3, 0.4) is 0 Å². The third-order valence-electron chi connectivity index (χ3n) is 6.21. The van der Waals surface area contributed by atoms with Crippen LogP contribution in [0.2, 0.25) is 5.02 Å². The summed E-state index contributed by atoms with van der Waals surface area (Å²) in [7, 11) is -4.63. The summed E-state index contributed by atoms with van der Waals surface area (Å²) in [5, 5.41) is 2.00. The highest BCUT2D eigenvalue weighted by Crippen LogP contribution is 2.35. The van der Waals surface area contributed by atoms with Gasteiger partial charge in [-0.3, -0.25) is 9.10 Å². The lowest BCUT2D eigenvalue weighted by Crippen LogP contribution is -2.31. The van der Waals surface area contributed by atoms with Crippen molar-refractivity contribution in [2.24, 2.45) is 0 Å². The van der Waals surface area contributed by atoms with Gasteiger partial charge in [-0.2, -0.15) is 26.3 Å². The highest BCUT2D eigenvalue weighted by atomic mass is 35.5. The molecule has 0 spiro atoms. The molecule has 0 aromatic heterocycles. The fourth-order valence-corrected chi connectivity index (χ4v) is 5.66. The van der Waals surface area contributed by atoms with Crippen molar-refractivity contribution in [1.29, 1.82) is 0 Å². The number of nitrogens with one attached hydrogen (secondary N) is 1. The van der Waals surface area contributed by atoms with Crippen LogP contribution in [0.1, 0.15) is 27.0 Å². The lowest BCUT2D eigenvalue weighted by Gasteiger charge is -2.26. The Balaban J connectivity index is 1.57. The normalized spacial score (nSPS) is 12.0. The second kappa shape index (κ2) is 13.2. The first-order chi connectivity index (χ1) is 21.1. The average molecular weight is 671 g/mol. The number of nitrogens with zero attached hydrogens (tertiary/aromatic N) is 1.